The molecule has 8 nitrogen and oxygen atoms in total. The third-order valence-corrected chi connectivity index (χ3v) is 5.69. The largest absolute Gasteiger partial charge is 0.389 e. The number of aliphatic hydroxyl groups excluding tert-OH is 4. The van der Waals surface area contributed by atoms with Crippen molar-refractivity contribution in [3.8, 4) is 0 Å². The molecule has 8 N–H and O–H groups in total. The topological polar surface area (TPSA) is 129 Å². The summed E-state index contributed by atoms with van der Waals surface area (Å²) in [6.45, 7) is 6.94. The molecule has 0 aromatic rings. The lowest BCUT2D eigenvalue weighted by Gasteiger charge is -2.17. The van der Waals surface area contributed by atoms with Crippen molar-refractivity contribution in [2.75, 3.05) is 26.2 Å². The molecule has 0 bridgehead atoms. The number of unbranched alkanes of at least 4 members (excludes halogenated alkanes) is 3. The normalized spacial score (nSPS) is 40.4. The van der Waals surface area contributed by atoms with Crippen LogP contribution in [0.15, 0.2) is 0 Å². The van der Waals surface area contributed by atoms with E-state index in [-0.39, 0.29) is 24.2 Å². The fourth-order valence-electron chi connectivity index (χ4n) is 3.87. The Labute approximate surface area is 156 Å². The highest BCUT2D eigenvalue weighted by molar-refractivity contribution is 4.97. The predicted molar refractivity (Wildman–Crippen MR) is 101 cm³/mol. The first-order chi connectivity index (χ1) is 12.4. The van der Waals surface area contributed by atoms with Crippen LogP contribution in [0.3, 0.4) is 0 Å². The monoisotopic (exact) mass is 374 g/mol. The molecule has 0 radical (unpaired) electrons. The number of rotatable bonds is 11. The summed E-state index contributed by atoms with van der Waals surface area (Å²) >= 11 is 0. The van der Waals surface area contributed by atoms with Gasteiger partial charge < -0.3 is 41.7 Å². The smallest absolute Gasteiger partial charge is 0.0979 e. The van der Waals surface area contributed by atoms with E-state index in [2.05, 4.69) is 21.3 Å². The molecule has 0 aromatic carbocycles. The van der Waals surface area contributed by atoms with Crippen LogP contribution in [0.1, 0.15) is 39.5 Å². The highest BCUT2D eigenvalue weighted by Gasteiger charge is 2.38. The molecule has 2 heterocycles. The van der Waals surface area contributed by atoms with Gasteiger partial charge in [0, 0.05) is 37.3 Å². The van der Waals surface area contributed by atoms with E-state index in [1.165, 1.54) is 0 Å². The Hall–Kier alpha value is -0.320. The van der Waals surface area contributed by atoms with Crippen LogP contribution in [0.5, 0.6) is 0 Å². The molecule has 0 spiro atoms. The molecule has 8 heteroatoms. The lowest BCUT2D eigenvalue weighted by Crippen LogP contribution is -2.42. The van der Waals surface area contributed by atoms with Crippen molar-refractivity contribution in [3.05, 3.63) is 0 Å². The Morgan fingerprint density at radius 3 is 1.31 bits per heavy atom. The van der Waals surface area contributed by atoms with Crippen LogP contribution < -0.4 is 21.3 Å². The summed E-state index contributed by atoms with van der Waals surface area (Å²) in [5.41, 5.74) is 0. The maximum absolute atomic E-state index is 9.88. The molecule has 154 valence electrons. The van der Waals surface area contributed by atoms with Gasteiger partial charge in [0.05, 0.1) is 24.4 Å². The molecule has 2 fully saturated rings. The van der Waals surface area contributed by atoms with Crippen LogP contribution in [0, 0.1) is 0 Å². The van der Waals surface area contributed by atoms with Gasteiger partial charge in [0.2, 0.25) is 0 Å². The van der Waals surface area contributed by atoms with Gasteiger partial charge in [0.25, 0.3) is 0 Å². The van der Waals surface area contributed by atoms with E-state index < -0.39 is 24.4 Å². The maximum Gasteiger partial charge on any atom is 0.0979 e. The molecule has 2 aliphatic heterocycles. The summed E-state index contributed by atoms with van der Waals surface area (Å²) < 4.78 is 0. The zero-order valence-electron chi connectivity index (χ0n) is 16.1. The van der Waals surface area contributed by atoms with Crippen LogP contribution in [-0.2, 0) is 0 Å². The first-order valence-corrected chi connectivity index (χ1v) is 10.1. The van der Waals surface area contributed by atoms with E-state index in [1.54, 1.807) is 0 Å². The first kappa shape index (κ1) is 22.0. The minimum Gasteiger partial charge on any atom is -0.389 e. The quantitative estimate of drug-likeness (QED) is 0.193. The van der Waals surface area contributed by atoms with E-state index in [9.17, 15) is 20.4 Å². The van der Waals surface area contributed by atoms with E-state index in [0.29, 0.717) is 13.1 Å². The number of nitrogens with one attached hydrogen (secondary N) is 4. The molecule has 2 saturated heterocycles. The van der Waals surface area contributed by atoms with Gasteiger partial charge in [-0.15, -0.1) is 0 Å². The lowest BCUT2D eigenvalue weighted by atomic mass is 10.1. The van der Waals surface area contributed by atoms with Gasteiger partial charge in [0.1, 0.15) is 0 Å². The fraction of sp³-hybridized carbons (Fsp3) is 1.00. The summed E-state index contributed by atoms with van der Waals surface area (Å²) in [7, 11) is 0. The molecule has 0 amide bonds. The summed E-state index contributed by atoms with van der Waals surface area (Å²) in [4.78, 5) is 0. The predicted octanol–water partition coefficient (Wildman–Crippen LogP) is -2.11. The Balaban J connectivity index is 1.39. The third kappa shape index (κ3) is 6.10. The second-order valence-electron chi connectivity index (χ2n) is 7.91. The van der Waals surface area contributed by atoms with Gasteiger partial charge >= 0.3 is 0 Å². The third-order valence-electron chi connectivity index (χ3n) is 5.69. The van der Waals surface area contributed by atoms with Crippen molar-refractivity contribution in [3.63, 3.8) is 0 Å². The number of hydrogen-bond acceptors (Lipinski definition) is 8. The minimum atomic E-state index is -0.694. The molecule has 8 atom stereocenters. The van der Waals surface area contributed by atoms with Crippen LogP contribution in [0.4, 0.5) is 0 Å². The van der Waals surface area contributed by atoms with Crippen LogP contribution in [0.2, 0.25) is 0 Å². The second kappa shape index (κ2) is 10.9. The van der Waals surface area contributed by atoms with Crippen LogP contribution >= 0.6 is 0 Å². The van der Waals surface area contributed by atoms with Crippen molar-refractivity contribution >= 4 is 0 Å². The average Bonchev–Trinajstić information content (AvgIpc) is 3.01. The van der Waals surface area contributed by atoms with E-state index >= 15 is 0 Å². The minimum absolute atomic E-state index is 0.0590. The van der Waals surface area contributed by atoms with Gasteiger partial charge in [-0.3, -0.25) is 0 Å². The SMILES string of the molecule is C[C@@H]1N[C@@H](CNCCCCCCNC[C@@H]2N[C@@H](C)[C@@H](O)[C@H]2O)[C@H](O)[C@@H]1O. The zero-order valence-corrected chi connectivity index (χ0v) is 16.1. The van der Waals surface area contributed by atoms with Gasteiger partial charge in [-0.1, -0.05) is 12.8 Å². The molecular weight excluding hydrogens is 336 g/mol. The Morgan fingerprint density at radius 1 is 0.615 bits per heavy atom. The molecule has 2 aliphatic rings. The molecule has 0 unspecified atom stereocenters. The highest BCUT2D eigenvalue weighted by Crippen LogP contribution is 2.14. The number of aliphatic hydroxyl groups is 4. The van der Waals surface area contributed by atoms with E-state index in [1.807, 2.05) is 13.8 Å². The zero-order chi connectivity index (χ0) is 19.1. The van der Waals surface area contributed by atoms with Crippen molar-refractivity contribution < 1.29 is 20.4 Å². The van der Waals surface area contributed by atoms with Gasteiger partial charge in [-0.2, -0.15) is 0 Å². The molecule has 2 rings (SSSR count). The molecular formula is C18H38N4O4. The fourth-order valence-corrected chi connectivity index (χ4v) is 3.87. The standard InChI is InChI=1S/C18H38N4O4/c1-11-15(23)17(25)13(21-11)9-19-7-5-3-4-6-8-20-10-14-18(26)16(24)12(2)22-14/h11-26H,3-10H2,1-2H3/t11-,12-,13-,14-,15+,16+,17-,18-/m0/s1. The summed E-state index contributed by atoms with van der Waals surface area (Å²) in [6.07, 6.45) is 1.73. The van der Waals surface area contributed by atoms with Gasteiger partial charge in [-0.25, -0.2) is 0 Å². The van der Waals surface area contributed by atoms with Gasteiger partial charge in [-0.05, 0) is 39.8 Å². The molecule has 26 heavy (non-hydrogen) atoms. The number of hydrogen-bond donors (Lipinski definition) is 8. The summed E-state index contributed by atoms with van der Waals surface area (Å²) in [6, 6.07) is -0.275. The highest BCUT2D eigenvalue weighted by atomic mass is 16.3. The van der Waals surface area contributed by atoms with Crippen molar-refractivity contribution in [2.45, 2.75) is 88.1 Å². The Morgan fingerprint density at radius 2 is 1.00 bits per heavy atom. The molecule has 0 aromatic heterocycles. The molecule has 0 aliphatic carbocycles. The van der Waals surface area contributed by atoms with E-state index in [4.69, 9.17) is 0 Å². The summed E-state index contributed by atoms with van der Waals surface area (Å²) in [5, 5.41) is 52.3. The average molecular weight is 375 g/mol. The van der Waals surface area contributed by atoms with E-state index in [0.717, 1.165) is 38.8 Å². The Bertz CT molecular complexity index is 367. The van der Waals surface area contributed by atoms with Crippen LogP contribution in [-0.4, -0.2) is 95.2 Å². The van der Waals surface area contributed by atoms with Crippen LogP contribution in [0.25, 0.3) is 0 Å². The lowest BCUT2D eigenvalue weighted by molar-refractivity contribution is 0.0304. The molecule has 0 saturated carbocycles. The second-order valence-corrected chi connectivity index (χ2v) is 7.91. The van der Waals surface area contributed by atoms with Crippen molar-refractivity contribution in [1.29, 1.82) is 0 Å². The van der Waals surface area contributed by atoms with Crippen molar-refractivity contribution in [1.82, 2.24) is 21.3 Å². The maximum atomic E-state index is 9.88. The summed E-state index contributed by atoms with van der Waals surface area (Å²) in [5.74, 6) is 0. The Kier molecular flexibility index (Phi) is 9.19. The van der Waals surface area contributed by atoms with Crippen molar-refractivity contribution in [2.24, 2.45) is 0 Å². The first-order valence-electron chi connectivity index (χ1n) is 10.1. The van der Waals surface area contributed by atoms with Gasteiger partial charge in [0.15, 0.2) is 0 Å².